The molecule has 1 saturated carbocycles. The van der Waals surface area contributed by atoms with Crippen LogP contribution in [-0.4, -0.2) is 0 Å². The summed E-state index contributed by atoms with van der Waals surface area (Å²) in [6.45, 7) is 4.13. The molecule has 3 rings (SSSR count). The summed E-state index contributed by atoms with van der Waals surface area (Å²) in [5.74, 6) is 0.843. The highest BCUT2D eigenvalue weighted by molar-refractivity contribution is 5.30. The van der Waals surface area contributed by atoms with Gasteiger partial charge in [0.15, 0.2) is 0 Å². The van der Waals surface area contributed by atoms with Crippen LogP contribution in [-0.2, 0) is 19.5 Å². The largest absolute Gasteiger partial charge is 0.309 e. The van der Waals surface area contributed by atoms with E-state index in [0.717, 1.165) is 25.4 Å². The average Bonchev–Trinajstić information content (AvgIpc) is 3.33. The van der Waals surface area contributed by atoms with E-state index < -0.39 is 0 Å². The molecule has 1 nitrogen and oxygen atoms in total. The van der Waals surface area contributed by atoms with Crippen LogP contribution in [0.2, 0.25) is 0 Å². The van der Waals surface area contributed by atoms with Crippen molar-refractivity contribution in [3.8, 4) is 0 Å². The van der Waals surface area contributed by atoms with Gasteiger partial charge in [0.25, 0.3) is 0 Å². The minimum absolute atomic E-state index is 0.843. The van der Waals surface area contributed by atoms with Gasteiger partial charge in [0.2, 0.25) is 0 Å². The lowest BCUT2D eigenvalue weighted by Crippen LogP contribution is -2.14. The molecule has 20 heavy (non-hydrogen) atoms. The zero-order valence-corrected chi connectivity index (χ0v) is 12.2. The Morgan fingerprint density at radius 1 is 0.950 bits per heavy atom. The molecular weight excluding hydrogens is 242 g/mol. The highest BCUT2D eigenvalue weighted by Crippen LogP contribution is 2.40. The molecule has 1 heteroatoms. The molecule has 1 aliphatic rings. The molecule has 0 aliphatic heterocycles. The number of nitrogens with one attached hydrogen (secondary N) is 1. The van der Waals surface area contributed by atoms with E-state index >= 15 is 0 Å². The van der Waals surface area contributed by atoms with Crippen LogP contribution in [0.15, 0.2) is 48.5 Å². The molecule has 2 aromatic carbocycles. The van der Waals surface area contributed by atoms with Gasteiger partial charge >= 0.3 is 0 Å². The van der Waals surface area contributed by atoms with E-state index in [9.17, 15) is 0 Å². The summed E-state index contributed by atoms with van der Waals surface area (Å²) < 4.78 is 0. The predicted octanol–water partition coefficient (Wildman–Crippen LogP) is 4.42. The molecule has 0 amide bonds. The first-order valence-electron chi connectivity index (χ1n) is 7.73. The highest BCUT2D eigenvalue weighted by atomic mass is 14.8. The first kappa shape index (κ1) is 13.4. The summed E-state index contributed by atoms with van der Waals surface area (Å²) in [4.78, 5) is 0. The molecule has 0 heterocycles. The van der Waals surface area contributed by atoms with E-state index in [4.69, 9.17) is 0 Å². The van der Waals surface area contributed by atoms with Crippen molar-refractivity contribution in [3.63, 3.8) is 0 Å². The molecule has 2 aromatic rings. The predicted molar refractivity (Wildman–Crippen MR) is 84.8 cm³/mol. The molecule has 0 saturated heterocycles. The topological polar surface area (TPSA) is 12.0 Å². The first-order chi connectivity index (χ1) is 9.86. The molecule has 0 bridgehead atoms. The SMILES string of the molecule is CCc1ccccc1CNCc1cccc(C2CC2)c1. The summed E-state index contributed by atoms with van der Waals surface area (Å²) in [6, 6.07) is 17.8. The van der Waals surface area contributed by atoms with Gasteiger partial charge in [-0.3, -0.25) is 0 Å². The molecule has 0 radical (unpaired) electrons. The Hall–Kier alpha value is -1.60. The normalized spacial score (nSPS) is 14.4. The lowest BCUT2D eigenvalue weighted by molar-refractivity contribution is 0.687. The Bertz CT molecular complexity index is 569. The third-order valence-corrected chi connectivity index (χ3v) is 4.14. The second kappa shape index (κ2) is 6.23. The molecule has 1 aliphatic carbocycles. The number of benzene rings is 2. The Morgan fingerprint density at radius 2 is 1.75 bits per heavy atom. The Kier molecular flexibility index (Phi) is 4.17. The van der Waals surface area contributed by atoms with Gasteiger partial charge in [-0.15, -0.1) is 0 Å². The lowest BCUT2D eigenvalue weighted by atomic mass is 10.0. The maximum Gasteiger partial charge on any atom is 0.0211 e. The van der Waals surface area contributed by atoms with Crippen LogP contribution in [0.1, 0.15) is 47.9 Å². The summed E-state index contributed by atoms with van der Waals surface area (Å²) >= 11 is 0. The first-order valence-corrected chi connectivity index (χ1v) is 7.73. The standard InChI is InChI=1S/C19H23N/c1-2-16-7-3-4-8-19(16)14-20-13-15-6-5-9-18(12-15)17-10-11-17/h3-9,12,17,20H,2,10-11,13-14H2,1H3. The molecule has 0 spiro atoms. The van der Waals surface area contributed by atoms with Gasteiger partial charge in [-0.05, 0) is 47.4 Å². The van der Waals surface area contributed by atoms with Crippen LogP contribution in [0.4, 0.5) is 0 Å². The number of aryl methyl sites for hydroxylation is 1. The maximum absolute atomic E-state index is 3.58. The van der Waals surface area contributed by atoms with Crippen LogP contribution in [0.5, 0.6) is 0 Å². The summed E-state index contributed by atoms with van der Waals surface area (Å²) in [5.41, 5.74) is 5.81. The molecule has 1 fully saturated rings. The number of rotatable bonds is 6. The van der Waals surface area contributed by atoms with E-state index in [0.29, 0.717) is 0 Å². The van der Waals surface area contributed by atoms with E-state index in [1.165, 1.54) is 35.1 Å². The van der Waals surface area contributed by atoms with Crippen molar-refractivity contribution in [2.75, 3.05) is 0 Å². The average molecular weight is 265 g/mol. The fourth-order valence-electron chi connectivity index (χ4n) is 2.79. The molecule has 0 aromatic heterocycles. The van der Waals surface area contributed by atoms with Gasteiger partial charge in [-0.25, -0.2) is 0 Å². The van der Waals surface area contributed by atoms with Crippen LogP contribution >= 0.6 is 0 Å². The number of hydrogen-bond donors (Lipinski definition) is 1. The van der Waals surface area contributed by atoms with Crippen LogP contribution in [0, 0.1) is 0 Å². The second-order valence-electron chi connectivity index (χ2n) is 5.75. The minimum atomic E-state index is 0.843. The minimum Gasteiger partial charge on any atom is -0.309 e. The quantitative estimate of drug-likeness (QED) is 0.815. The summed E-state index contributed by atoms with van der Waals surface area (Å²) in [7, 11) is 0. The van der Waals surface area contributed by atoms with Crippen molar-refractivity contribution in [1.29, 1.82) is 0 Å². The maximum atomic E-state index is 3.58. The number of hydrogen-bond acceptors (Lipinski definition) is 1. The van der Waals surface area contributed by atoms with E-state index in [2.05, 4.69) is 60.8 Å². The summed E-state index contributed by atoms with van der Waals surface area (Å²) in [6.07, 6.45) is 3.86. The fourth-order valence-corrected chi connectivity index (χ4v) is 2.79. The van der Waals surface area contributed by atoms with Crippen LogP contribution in [0.3, 0.4) is 0 Å². The summed E-state index contributed by atoms with van der Waals surface area (Å²) in [5, 5.41) is 3.58. The zero-order valence-electron chi connectivity index (χ0n) is 12.2. The third kappa shape index (κ3) is 3.29. The fraction of sp³-hybridized carbons (Fsp3) is 0.368. The van der Waals surface area contributed by atoms with Crippen molar-refractivity contribution in [1.82, 2.24) is 5.32 Å². The van der Waals surface area contributed by atoms with Gasteiger partial charge in [-0.2, -0.15) is 0 Å². The van der Waals surface area contributed by atoms with Crippen molar-refractivity contribution in [2.45, 2.75) is 45.2 Å². The van der Waals surface area contributed by atoms with Crippen LogP contribution < -0.4 is 5.32 Å². The van der Waals surface area contributed by atoms with E-state index in [1.807, 2.05) is 0 Å². The molecule has 0 atom stereocenters. The van der Waals surface area contributed by atoms with Gasteiger partial charge in [0.05, 0.1) is 0 Å². The van der Waals surface area contributed by atoms with Gasteiger partial charge in [-0.1, -0.05) is 55.5 Å². The molecule has 104 valence electrons. The third-order valence-electron chi connectivity index (χ3n) is 4.14. The Labute approximate surface area is 122 Å². The van der Waals surface area contributed by atoms with E-state index in [-0.39, 0.29) is 0 Å². The lowest BCUT2D eigenvalue weighted by Gasteiger charge is -2.10. The highest BCUT2D eigenvalue weighted by Gasteiger charge is 2.23. The molecule has 1 N–H and O–H groups in total. The van der Waals surface area contributed by atoms with Crippen molar-refractivity contribution in [3.05, 3.63) is 70.8 Å². The Morgan fingerprint density at radius 3 is 2.50 bits per heavy atom. The molecular formula is C19H23N. The van der Waals surface area contributed by atoms with Crippen molar-refractivity contribution < 1.29 is 0 Å². The van der Waals surface area contributed by atoms with Crippen molar-refractivity contribution in [2.24, 2.45) is 0 Å². The zero-order chi connectivity index (χ0) is 13.8. The van der Waals surface area contributed by atoms with Crippen molar-refractivity contribution >= 4 is 0 Å². The van der Waals surface area contributed by atoms with Gasteiger partial charge in [0.1, 0.15) is 0 Å². The monoisotopic (exact) mass is 265 g/mol. The molecule has 0 unspecified atom stereocenters. The van der Waals surface area contributed by atoms with E-state index in [1.54, 1.807) is 0 Å². The van der Waals surface area contributed by atoms with Gasteiger partial charge in [0, 0.05) is 13.1 Å². The smallest absolute Gasteiger partial charge is 0.0211 e. The second-order valence-corrected chi connectivity index (χ2v) is 5.75. The van der Waals surface area contributed by atoms with Crippen LogP contribution in [0.25, 0.3) is 0 Å². The van der Waals surface area contributed by atoms with Gasteiger partial charge < -0.3 is 5.32 Å². The Balaban J connectivity index is 1.58.